The molecule has 0 saturated heterocycles. The minimum atomic E-state index is -1.41. The van der Waals surface area contributed by atoms with Gasteiger partial charge in [-0.25, -0.2) is 5.48 Å². The van der Waals surface area contributed by atoms with Crippen molar-refractivity contribution in [1.29, 1.82) is 0 Å². The third-order valence-electron chi connectivity index (χ3n) is 1.74. The van der Waals surface area contributed by atoms with E-state index in [1.807, 2.05) is 6.07 Å². The smallest absolute Gasteiger partial charge is 0.211 e. The van der Waals surface area contributed by atoms with Crippen LogP contribution >= 0.6 is 0 Å². The van der Waals surface area contributed by atoms with E-state index in [4.69, 9.17) is 4.53 Å². The molecule has 0 aliphatic carbocycles. The van der Waals surface area contributed by atoms with Crippen LogP contribution in [0.5, 0.6) is 0 Å². The van der Waals surface area contributed by atoms with E-state index in [1.54, 1.807) is 0 Å². The zero-order valence-corrected chi connectivity index (χ0v) is 10.2. The minimum absolute atomic E-state index is 0.883. The van der Waals surface area contributed by atoms with Gasteiger partial charge in [-0.2, -0.15) is 0 Å². The van der Waals surface area contributed by atoms with Crippen molar-refractivity contribution in [2.75, 3.05) is 6.54 Å². The van der Waals surface area contributed by atoms with Crippen molar-refractivity contribution in [3.8, 4) is 0 Å². The van der Waals surface area contributed by atoms with Gasteiger partial charge in [-0.15, -0.1) is 0 Å². The molecular weight excluding hydrogens is 190 g/mol. The van der Waals surface area contributed by atoms with Gasteiger partial charge in [0.2, 0.25) is 8.32 Å². The van der Waals surface area contributed by atoms with E-state index in [-0.39, 0.29) is 0 Å². The summed E-state index contributed by atoms with van der Waals surface area (Å²) in [4.78, 5) is 0. The number of hydroxylamine groups is 1. The van der Waals surface area contributed by atoms with Gasteiger partial charge in [0.25, 0.3) is 0 Å². The van der Waals surface area contributed by atoms with Crippen LogP contribution in [0.3, 0.4) is 0 Å². The fourth-order valence-corrected chi connectivity index (χ4v) is 1.64. The van der Waals surface area contributed by atoms with Crippen LogP contribution in [0.2, 0.25) is 19.6 Å². The predicted molar refractivity (Wildman–Crippen MR) is 62.6 cm³/mol. The van der Waals surface area contributed by atoms with Gasteiger partial charge in [0.05, 0.1) is 0 Å². The van der Waals surface area contributed by atoms with E-state index in [2.05, 4.69) is 49.4 Å². The SMILES string of the molecule is C[Si](C)(C)ONCCc1ccccc1. The number of rotatable bonds is 5. The van der Waals surface area contributed by atoms with Gasteiger partial charge < -0.3 is 4.53 Å². The number of benzene rings is 1. The van der Waals surface area contributed by atoms with Crippen LogP contribution in [-0.4, -0.2) is 14.9 Å². The lowest BCUT2D eigenvalue weighted by atomic mass is 10.2. The van der Waals surface area contributed by atoms with Crippen LogP contribution in [0.25, 0.3) is 0 Å². The van der Waals surface area contributed by atoms with Gasteiger partial charge >= 0.3 is 0 Å². The minimum Gasteiger partial charge on any atom is -0.346 e. The fourth-order valence-electron chi connectivity index (χ4n) is 1.11. The Labute approximate surface area is 87.4 Å². The molecule has 0 saturated carbocycles. The number of hydrogen-bond donors (Lipinski definition) is 1. The van der Waals surface area contributed by atoms with E-state index in [0.29, 0.717) is 0 Å². The quantitative estimate of drug-likeness (QED) is 0.457. The molecule has 0 heterocycles. The van der Waals surface area contributed by atoms with Crippen molar-refractivity contribution in [3.05, 3.63) is 35.9 Å². The second-order valence-electron chi connectivity index (χ2n) is 4.34. The Kier molecular flexibility index (Phi) is 4.32. The van der Waals surface area contributed by atoms with E-state index in [0.717, 1.165) is 13.0 Å². The second kappa shape index (κ2) is 5.29. The summed E-state index contributed by atoms with van der Waals surface area (Å²) in [7, 11) is -1.41. The Hall–Kier alpha value is -0.643. The Morgan fingerprint density at radius 1 is 1.14 bits per heavy atom. The summed E-state index contributed by atoms with van der Waals surface area (Å²) in [6.45, 7) is 7.39. The highest BCUT2D eigenvalue weighted by Crippen LogP contribution is 2.01. The van der Waals surface area contributed by atoms with Gasteiger partial charge in [-0.3, -0.25) is 0 Å². The summed E-state index contributed by atoms with van der Waals surface area (Å²) in [6.07, 6.45) is 1.02. The molecule has 1 rings (SSSR count). The third kappa shape index (κ3) is 5.17. The topological polar surface area (TPSA) is 21.3 Å². The van der Waals surface area contributed by atoms with E-state index < -0.39 is 8.32 Å². The molecule has 0 unspecified atom stereocenters. The van der Waals surface area contributed by atoms with Crippen LogP contribution in [0.4, 0.5) is 0 Å². The largest absolute Gasteiger partial charge is 0.346 e. The zero-order chi connectivity index (χ0) is 10.4. The molecule has 0 aromatic heterocycles. The fraction of sp³-hybridized carbons (Fsp3) is 0.455. The molecule has 0 amide bonds. The molecule has 1 aromatic carbocycles. The van der Waals surface area contributed by atoms with Crippen LogP contribution in [0, 0.1) is 0 Å². The summed E-state index contributed by atoms with van der Waals surface area (Å²) in [5.41, 5.74) is 4.38. The van der Waals surface area contributed by atoms with Crippen molar-refractivity contribution < 1.29 is 4.53 Å². The molecule has 78 valence electrons. The summed E-state index contributed by atoms with van der Waals surface area (Å²) < 4.78 is 5.54. The maximum atomic E-state index is 5.54. The first-order valence-electron chi connectivity index (χ1n) is 5.03. The van der Waals surface area contributed by atoms with E-state index in [9.17, 15) is 0 Å². The monoisotopic (exact) mass is 209 g/mol. The summed E-state index contributed by atoms with van der Waals surface area (Å²) in [5.74, 6) is 0. The highest BCUT2D eigenvalue weighted by Gasteiger charge is 2.13. The average Bonchev–Trinajstić information content (AvgIpc) is 2.13. The van der Waals surface area contributed by atoms with Gasteiger partial charge in [0.1, 0.15) is 0 Å². The number of nitrogens with one attached hydrogen (secondary N) is 1. The van der Waals surface area contributed by atoms with Crippen molar-refractivity contribution >= 4 is 8.32 Å². The Balaban J connectivity index is 2.17. The van der Waals surface area contributed by atoms with Gasteiger partial charge in [-0.05, 0) is 31.6 Å². The Bertz CT molecular complexity index is 256. The van der Waals surface area contributed by atoms with E-state index in [1.165, 1.54) is 5.56 Å². The van der Waals surface area contributed by atoms with Crippen molar-refractivity contribution in [2.24, 2.45) is 0 Å². The van der Waals surface area contributed by atoms with Crippen LogP contribution < -0.4 is 5.48 Å². The molecular formula is C11H19NOSi. The molecule has 0 radical (unpaired) electrons. The molecule has 2 nitrogen and oxygen atoms in total. The summed E-state index contributed by atoms with van der Waals surface area (Å²) in [5, 5.41) is 0. The molecule has 0 aliphatic heterocycles. The van der Waals surface area contributed by atoms with Crippen molar-refractivity contribution in [3.63, 3.8) is 0 Å². The highest BCUT2D eigenvalue weighted by molar-refractivity contribution is 6.69. The van der Waals surface area contributed by atoms with Gasteiger partial charge in [0.15, 0.2) is 0 Å². The standard InChI is InChI=1S/C11H19NOSi/c1-14(2,3)13-12-10-9-11-7-5-4-6-8-11/h4-8,12H,9-10H2,1-3H3. The molecule has 0 atom stereocenters. The Morgan fingerprint density at radius 3 is 2.36 bits per heavy atom. The lowest BCUT2D eigenvalue weighted by Crippen LogP contribution is -2.34. The molecule has 1 N–H and O–H groups in total. The lowest BCUT2D eigenvalue weighted by Gasteiger charge is -2.17. The molecule has 0 bridgehead atoms. The van der Waals surface area contributed by atoms with Crippen LogP contribution in [0.1, 0.15) is 5.56 Å². The van der Waals surface area contributed by atoms with E-state index >= 15 is 0 Å². The number of hydrogen-bond acceptors (Lipinski definition) is 2. The van der Waals surface area contributed by atoms with Gasteiger partial charge in [0, 0.05) is 6.54 Å². The zero-order valence-electron chi connectivity index (χ0n) is 9.21. The first kappa shape index (κ1) is 11.4. The maximum Gasteiger partial charge on any atom is 0.211 e. The van der Waals surface area contributed by atoms with Gasteiger partial charge in [-0.1, -0.05) is 30.3 Å². The van der Waals surface area contributed by atoms with Crippen LogP contribution in [-0.2, 0) is 10.9 Å². The maximum absolute atomic E-state index is 5.54. The molecule has 14 heavy (non-hydrogen) atoms. The molecule has 0 fully saturated rings. The molecule has 1 aromatic rings. The summed E-state index contributed by atoms with van der Waals surface area (Å²) >= 11 is 0. The van der Waals surface area contributed by atoms with Crippen molar-refractivity contribution in [1.82, 2.24) is 5.48 Å². The molecule has 0 aliphatic rings. The molecule has 3 heteroatoms. The van der Waals surface area contributed by atoms with Crippen LogP contribution in [0.15, 0.2) is 30.3 Å². The highest BCUT2D eigenvalue weighted by atomic mass is 28.4. The lowest BCUT2D eigenvalue weighted by molar-refractivity contribution is 0.189. The average molecular weight is 209 g/mol. The Morgan fingerprint density at radius 2 is 1.79 bits per heavy atom. The van der Waals surface area contributed by atoms with Crippen molar-refractivity contribution in [2.45, 2.75) is 26.1 Å². The predicted octanol–water partition coefficient (Wildman–Crippen LogP) is 2.59. The second-order valence-corrected chi connectivity index (χ2v) is 8.77. The summed E-state index contributed by atoms with van der Waals surface area (Å²) in [6, 6.07) is 10.4. The molecule has 0 spiro atoms. The third-order valence-corrected chi connectivity index (χ3v) is 2.49. The first-order valence-corrected chi connectivity index (χ1v) is 8.43. The first-order chi connectivity index (χ1) is 6.58. The normalized spacial score (nSPS) is 11.6.